The standard InChI is InChI=1S/C17H19BrFNS/c1-11(9-12-5-7-13(19)8-6-12)20-15-3-2-4-16-14(15)10-17(18)21-16/h5-8,10-11,15,20H,2-4,9H2,1H3. The zero-order valence-electron chi connectivity index (χ0n) is 12.0. The van der Waals surface area contributed by atoms with Crippen LogP contribution in [0.4, 0.5) is 4.39 Å². The Morgan fingerprint density at radius 2 is 2.14 bits per heavy atom. The molecule has 1 N–H and O–H groups in total. The predicted octanol–water partition coefficient (Wildman–Crippen LogP) is 5.25. The highest BCUT2D eigenvalue weighted by atomic mass is 79.9. The largest absolute Gasteiger partial charge is 0.307 e. The molecule has 2 atom stereocenters. The molecule has 1 aliphatic rings. The molecular formula is C17H19BrFNS. The SMILES string of the molecule is CC(Cc1ccc(F)cc1)NC1CCCc2sc(Br)cc21. The maximum atomic E-state index is 12.9. The predicted molar refractivity (Wildman–Crippen MR) is 90.4 cm³/mol. The highest BCUT2D eigenvalue weighted by Crippen LogP contribution is 2.38. The van der Waals surface area contributed by atoms with E-state index in [4.69, 9.17) is 0 Å². The van der Waals surface area contributed by atoms with E-state index in [1.54, 1.807) is 0 Å². The number of nitrogens with one attached hydrogen (secondary N) is 1. The first-order chi connectivity index (χ1) is 10.1. The van der Waals surface area contributed by atoms with Crippen molar-refractivity contribution in [2.75, 3.05) is 0 Å². The van der Waals surface area contributed by atoms with Crippen molar-refractivity contribution >= 4 is 27.3 Å². The summed E-state index contributed by atoms with van der Waals surface area (Å²) in [4.78, 5) is 1.51. The highest BCUT2D eigenvalue weighted by Gasteiger charge is 2.23. The smallest absolute Gasteiger partial charge is 0.123 e. The molecule has 2 unspecified atom stereocenters. The maximum absolute atomic E-state index is 12.9. The van der Waals surface area contributed by atoms with Crippen molar-refractivity contribution in [3.8, 4) is 0 Å². The molecule has 0 fully saturated rings. The fourth-order valence-corrected chi connectivity index (χ4v) is 4.89. The Kier molecular flexibility index (Phi) is 4.77. The zero-order chi connectivity index (χ0) is 14.8. The van der Waals surface area contributed by atoms with Crippen LogP contribution >= 0.6 is 27.3 Å². The number of halogens is 2. The Balaban J connectivity index is 1.65. The second-order valence-electron chi connectivity index (χ2n) is 5.77. The van der Waals surface area contributed by atoms with Crippen LogP contribution in [0.2, 0.25) is 0 Å². The summed E-state index contributed by atoms with van der Waals surface area (Å²) < 4.78 is 14.2. The lowest BCUT2D eigenvalue weighted by Crippen LogP contribution is -2.33. The van der Waals surface area contributed by atoms with Crippen molar-refractivity contribution in [1.29, 1.82) is 0 Å². The summed E-state index contributed by atoms with van der Waals surface area (Å²) >= 11 is 5.46. The molecule has 0 aliphatic heterocycles. The van der Waals surface area contributed by atoms with Gasteiger partial charge in [0.15, 0.2) is 0 Å². The van der Waals surface area contributed by atoms with E-state index in [1.165, 1.54) is 51.2 Å². The summed E-state index contributed by atoms with van der Waals surface area (Å²) in [5.41, 5.74) is 2.64. The minimum Gasteiger partial charge on any atom is -0.307 e. The molecule has 21 heavy (non-hydrogen) atoms. The van der Waals surface area contributed by atoms with Crippen LogP contribution in [0.1, 0.15) is 41.8 Å². The molecule has 112 valence electrons. The minimum atomic E-state index is -0.167. The molecule has 0 saturated heterocycles. The summed E-state index contributed by atoms with van der Waals surface area (Å²) in [6.45, 7) is 2.21. The Morgan fingerprint density at radius 3 is 2.90 bits per heavy atom. The Hall–Kier alpha value is -0.710. The Morgan fingerprint density at radius 1 is 1.38 bits per heavy atom. The number of benzene rings is 1. The number of rotatable bonds is 4. The van der Waals surface area contributed by atoms with Gasteiger partial charge in [-0.05, 0) is 77.9 Å². The minimum absolute atomic E-state index is 0.167. The summed E-state index contributed by atoms with van der Waals surface area (Å²) in [7, 11) is 0. The highest BCUT2D eigenvalue weighted by molar-refractivity contribution is 9.11. The van der Waals surface area contributed by atoms with E-state index in [0.29, 0.717) is 12.1 Å². The Labute approximate surface area is 137 Å². The first-order valence-electron chi connectivity index (χ1n) is 7.40. The van der Waals surface area contributed by atoms with Crippen LogP contribution in [0.3, 0.4) is 0 Å². The van der Waals surface area contributed by atoms with Gasteiger partial charge in [-0.1, -0.05) is 12.1 Å². The molecule has 1 heterocycles. The molecule has 4 heteroatoms. The molecule has 2 aromatic rings. The van der Waals surface area contributed by atoms with Gasteiger partial charge in [0.05, 0.1) is 3.79 Å². The molecule has 0 spiro atoms. The van der Waals surface area contributed by atoms with Gasteiger partial charge in [0.2, 0.25) is 0 Å². The van der Waals surface area contributed by atoms with E-state index in [9.17, 15) is 4.39 Å². The molecule has 0 bridgehead atoms. The fraction of sp³-hybridized carbons (Fsp3) is 0.412. The Bertz CT molecular complexity index is 608. The van der Waals surface area contributed by atoms with Gasteiger partial charge in [0, 0.05) is 17.0 Å². The van der Waals surface area contributed by atoms with Crippen LogP contribution in [0.5, 0.6) is 0 Å². The van der Waals surface area contributed by atoms with Gasteiger partial charge in [-0.15, -0.1) is 11.3 Å². The van der Waals surface area contributed by atoms with Crippen LogP contribution in [-0.4, -0.2) is 6.04 Å². The monoisotopic (exact) mass is 367 g/mol. The van der Waals surface area contributed by atoms with Gasteiger partial charge in [-0.3, -0.25) is 0 Å². The molecule has 1 aromatic heterocycles. The quantitative estimate of drug-likeness (QED) is 0.778. The van der Waals surface area contributed by atoms with Gasteiger partial charge in [0.1, 0.15) is 5.82 Å². The normalized spacial score (nSPS) is 19.3. The van der Waals surface area contributed by atoms with Crippen LogP contribution in [-0.2, 0) is 12.8 Å². The summed E-state index contributed by atoms with van der Waals surface area (Å²) in [5.74, 6) is -0.167. The molecule has 1 aromatic carbocycles. The van der Waals surface area contributed by atoms with Crippen molar-refractivity contribution in [3.63, 3.8) is 0 Å². The molecular weight excluding hydrogens is 349 g/mol. The third-order valence-electron chi connectivity index (χ3n) is 4.02. The lowest BCUT2D eigenvalue weighted by Gasteiger charge is -2.27. The first-order valence-corrected chi connectivity index (χ1v) is 9.01. The number of thiophene rings is 1. The number of hydrogen-bond acceptors (Lipinski definition) is 2. The van der Waals surface area contributed by atoms with Crippen molar-refractivity contribution in [2.45, 2.75) is 44.7 Å². The zero-order valence-corrected chi connectivity index (χ0v) is 14.4. The van der Waals surface area contributed by atoms with Gasteiger partial charge >= 0.3 is 0 Å². The summed E-state index contributed by atoms with van der Waals surface area (Å²) in [6, 6.07) is 9.92. The maximum Gasteiger partial charge on any atom is 0.123 e. The average Bonchev–Trinajstić information content (AvgIpc) is 2.83. The van der Waals surface area contributed by atoms with Crippen LogP contribution in [0, 0.1) is 5.82 Å². The van der Waals surface area contributed by atoms with Crippen molar-refractivity contribution in [1.82, 2.24) is 5.32 Å². The molecule has 0 radical (unpaired) electrons. The number of fused-ring (bicyclic) bond motifs is 1. The third kappa shape index (κ3) is 3.74. The molecule has 0 saturated carbocycles. The molecule has 3 rings (SSSR count). The third-order valence-corrected chi connectivity index (χ3v) is 5.74. The van der Waals surface area contributed by atoms with Gasteiger partial charge in [-0.2, -0.15) is 0 Å². The van der Waals surface area contributed by atoms with E-state index < -0.39 is 0 Å². The lowest BCUT2D eigenvalue weighted by atomic mass is 9.93. The van der Waals surface area contributed by atoms with E-state index in [-0.39, 0.29) is 5.82 Å². The van der Waals surface area contributed by atoms with Crippen molar-refractivity contribution < 1.29 is 4.39 Å². The summed E-state index contributed by atoms with van der Waals surface area (Å²) in [6.07, 6.45) is 4.58. The number of aryl methyl sites for hydroxylation is 1. The topological polar surface area (TPSA) is 12.0 Å². The lowest BCUT2D eigenvalue weighted by molar-refractivity contribution is 0.409. The number of hydrogen-bond donors (Lipinski definition) is 1. The fourth-order valence-electron chi connectivity index (χ4n) is 3.07. The van der Waals surface area contributed by atoms with E-state index in [2.05, 4.69) is 34.2 Å². The van der Waals surface area contributed by atoms with Gasteiger partial charge in [0.25, 0.3) is 0 Å². The van der Waals surface area contributed by atoms with Crippen molar-refractivity contribution in [3.05, 3.63) is 55.9 Å². The van der Waals surface area contributed by atoms with Crippen LogP contribution in [0.15, 0.2) is 34.1 Å². The van der Waals surface area contributed by atoms with Crippen molar-refractivity contribution in [2.24, 2.45) is 0 Å². The van der Waals surface area contributed by atoms with E-state index in [1.807, 2.05) is 23.5 Å². The first kappa shape index (κ1) is 15.2. The molecule has 0 amide bonds. The molecule has 1 aliphatic carbocycles. The average molecular weight is 368 g/mol. The van der Waals surface area contributed by atoms with Crippen LogP contribution in [0.25, 0.3) is 0 Å². The second-order valence-corrected chi connectivity index (χ2v) is 8.29. The van der Waals surface area contributed by atoms with E-state index >= 15 is 0 Å². The second kappa shape index (κ2) is 6.59. The van der Waals surface area contributed by atoms with Crippen LogP contribution < -0.4 is 5.32 Å². The van der Waals surface area contributed by atoms with Gasteiger partial charge in [-0.25, -0.2) is 4.39 Å². The summed E-state index contributed by atoms with van der Waals surface area (Å²) in [5, 5.41) is 3.74. The van der Waals surface area contributed by atoms with Gasteiger partial charge < -0.3 is 5.32 Å². The van der Waals surface area contributed by atoms with E-state index in [0.717, 1.165) is 6.42 Å². The molecule has 1 nitrogen and oxygen atoms in total.